The third-order valence-corrected chi connectivity index (χ3v) is 5.03. The van der Waals surface area contributed by atoms with E-state index >= 15 is 0 Å². The molecule has 1 fully saturated rings. The van der Waals surface area contributed by atoms with Gasteiger partial charge in [0, 0.05) is 32.7 Å². The van der Waals surface area contributed by atoms with Gasteiger partial charge in [0.05, 0.1) is 17.9 Å². The van der Waals surface area contributed by atoms with E-state index in [9.17, 15) is 9.59 Å². The number of anilines is 1. The number of ether oxygens (including phenoxy) is 1. The molecule has 2 aromatic carbocycles. The first-order chi connectivity index (χ1) is 14.2. The average molecular weight is 396 g/mol. The van der Waals surface area contributed by atoms with E-state index in [2.05, 4.69) is 22.3 Å². The summed E-state index contributed by atoms with van der Waals surface area (Å²) in [7, 11) is 0. The van der Waals surface area contributed by atoms with Crippen LogP contribution in [0.5, 0.6) is 0 Å². The quantitative estimate of drug-likeness (QED) is 0.569. The van der Waals surface area contributed by atoms with E-state index in [0.29, 0.717) is 30.9 Å². The molecular formula is C23H29N3O3. The van der Waals surface area contributed by atoms with Crippen LogP contribution in [0.1, 0.15) is 35.7 Å². The second kappa shape index (κ2) is 10.6. The van der Waals surface area contributed by atoms with Crippen molar-refractivity contribution in [3.8, 4) is 0 Å². The molecule has 0 unspecified atom stereocenters. The van der Waals surface area contributed by atoms with Gasteiger partial charge >= 0.3 is 12.0 Å². The molecule has 1 aliphatic heterocycles. The number of nitrogens with zero attached hydrogens (tertiary/aromatic N) is 2. The minimum Gasteiger partial charge on any atom is -0.462 e. The van der Waals surface area contributed by atoms with E-state index in [1.165, 1.54) is 5.56 Å². The number of rotatable bonds is 7. The Hall–Kier alpha value is -2.86. The molecule has 6 heteroatoms. The van der Waals surface area contributed by atoms with Crippen molar-refractivity contribution in [2.45, 2.75) is 26.3 Å². The van der Waals surface area contributed by atoms with Crippen molar-refractivity contribution in [2.24, 2.45) is 0 Å². The van der Waals surface area contributed by atoms with Crippen LogP contribution in [0.15, 0.2) is 54.6 Å². The summed E-state index contributed by atoms with van der Waals surface area (Å²) in [5, 5.41) is 2.88. The van der Waals surface area contributed by atoms with Gasteiger partial charge < -0.3 is 15.0 Å². The zero-order valence-corrected chi connectivity index (χ0v) is 17.0. The number of nitrogens with one attached hydrogen (secondary N) is 1. The maximum absolute atomic E-state index is 12.7. The summed E-state index contributed by atoms with van der Waals surface area (Å²) in [6.45, 7) is 6.28. The fraction of sp³-hybridized carbons (Fsp3) is 0.391. The number of para-hydroxylation sites is 1. The van der Waals surface area contributed by atoms with E-state index in [1.807, 2.05) is 25.1 Å². The standard InChI is InChI=1S/C23H29N3O3/c1-2-3-17-29-22(27)20-11-7-8-12-21(20)24-23(28)26-15-13-25(14-16-26)18-19-9-5-4-6-10-19/h4-12H,2-3,13-18H2,1H3,(H,24,28). The minimum atomic E-state index is -0.401. The number of hydrogen-bond acceptors (Lipinski definition) is 4. The van der Waals surface area contributed by atoms with Crippen molar-refractivity contribution in [2.75, 3.05) is 38.1 Å². The van der Waals surface area contributed by atoms with E-state index in [1.54, 1.807) is 29.2 Å². The fourth-order valence-corrected chi connectivity index (χ4v) is 3.30. The number of unbranched alkanes of at least 4 members (excludes halogenated alkanes) is 1. The van der Waals surface area contributed by atoms with Crippen LogP contribution in [0, 0.1) is 0 Å². The lowest BCUT2D eigenvalue weighted by Crippen LogP contribution is -2.49. The van der Waals surface area contributed by atoms with Crippen LogP contribution in [0.2, 0.25) is 0 Å². The molecule has 1 heterocycles. The minimum absolute atomic E-state index is 0.182. The number of urea groups is 1. The van der Waals surface area contributed by atoms with Gasteiger partial charge in [0.25, 0.3) is 0 Å². The molecule has 0 saturated carbocycles. The molecule has 6 nitrogen and oxygen atoms in total. The third kappa shape index (κ3) is 6.06. The largest absolute Gasteiger partial charge is 0.462 e. The van der Waals surface area contributed by atoms with Gasteiger partial charge in [-0.3, -0.25) is 4.90 Å². The Balaban J connectivity index is 1.53. The number of amides is 2. The van der Waals surface area contributed by atoms with Crippen LogP contribution < -0.4 is 5.32 Å². The summed E-state index contributed by atoms with van der Waals surface area (Å²) in [6.07, 6.45) is 1.79. The fourth-order valence-electron chi connectivity index (χ4n) is 3.30. The first-order valence-corrected chi connectivity index (χ1v) is 10.3. The Morgan fingerprint density at radius 3 is 2.38 bits per heavy atom. The summed E-state index contributed by atoms with van der Waals surface area (Å²) in [4.78, 5) is 29.2. The topological polar surface area (TPSA) is 61.9 Å². The molecule has 2 aromatic rings. The zero-order chi connectivity index (χ0) is 20.5. The average Bonchev–Trinajstić information content (AvgIpc) is 2.75. The maximum atomic E-state index is 12.7. The van der Waals surface area contributed by atoms with Crippen LogP contribution in [0.3, 0.4) is 0 Å². The molecule has 0 radical (unpaired) electrons. The highest BCUT2D eigenvalue weighted by molar-refractivity contribution is 6.00. The predicted molar refractivity (Wildman–Crippen MR) is 114 cm³/mol. The highest BCUT2D eigenvalue weighted by Gasteiger charge is 2.22. The Morgan fingerprint density at radius 2 is 1.66 bits per heavy atom. The third-order valence-electron chi connectivity index (χ3n) is 5.03. The molecule has 3 rings (SSSR count). The normalized spacial score (nSPS) is 14.4. The smallest absolute Gasteiger partial charge is 0.340 e. The Kier molecular flexibility index (Phi) is 7.64. The van der Waals surface area contributed by atoms with Gasteiger partial charge in [0.15, 0.2) is 0 Å². The van der Waals surface area contributed by atoms with Crippen LogP contribution in [-0.4, -0.2) is 54.6 Å². The number of piperazine rings is 1. The highest BCUT2D eigenvalue weighted by Crippen LogP contribution is 2.18. The molecule has 29 heavy (non-hydrogen) atoms. The van der Waals surface area contributed by atoms with Gasteiger partial charge in [0.1, 0.15) is 0 Å². The molecule has 0 atom stereocenters. The number of benzene rings is 2. The lowest BCUT2D eigenvalue weighted by Gasteiger charge is -2.34. The molecule has 0 aliphatic carbocycles. The number of esters is 1. The monoisotopic (exact) mass is 395 g/mol. The molecule has 154 valence electrons. The van der Waals surface area contributed by atoms with E-state index in [0.717, 1.165) is 32.5 Å². The first-order valence-electron chi connectivity index (χ1n) is 10.3. The van der Waals surface area contributed by atoms with Crippen molar-refractivity contribution in [3.05, 3.63) is 65.7 Å². The Labute approximate surface area is 172 Å². The lowest BCUT2D eigenvalue weighted by atomic mass is 10.2. The van der Waals surface area contributed by atoms with Gasteiger partial charge in [-0.2, -0.15) is 0 Å². The van der Waals surface area contributed by atoms with Crippen molar-refractivity contribution in [3.63, 3.8) is 0 Å². The van der Waals surface area contributed by atoms with Crippen LogP contribution in [0.4, 0.5) is 10.5 Å². The number of carbonyl (C=O) groups excluding carboxylic acids is 2. The van der Waals surface area contributed by atoms with Crippen molar-refractivity contribution >= 4 is 17.7 Å². The van der Waals surface area contributed by atoms with Crippen molar-refractivity contribution < 1.29 is 14.3 Å². The van der Waals surface area contributed by atoms with E-state index < -0.39 is 5.97 Å². The maximum Gasteiger partial charge on any atom is 0.340 e. The molecule has 1 saturated heterocycles. The van der Waals surface area contributed by atoms with Gasteiger partial charge in [-0.1, -0.05) is 55.8 Å². The van der Waals surface area contributed by atoms with Crippen LogP contribution in [-0.2, 0) is 11.3 Å². The first kappa shape index (κ1) is 20.9. The number of carbonyl (C=O) groups is 2. The summed E-state index contributed by atoms with van der Waals surface area (Å²) < 4.78 is 5.30. The lowest BCUT2D eigenvalue weighted by molar-refractivity contribution is 0.0501. The van der Waals surface area contributed by atoms with Gasteiger partial charge in [0.2, 0.25) is 0 Å². The molecular weight excluding hydrogens is 366 g/mol. The highest BCUT2D eigenvalue weighted by atomic mass is 16.5. The van der Waals surface area contributed by atoms with Crippen molar-refractivity contribution in [1.82, 2.24) is 9.80 Å². The Bertz CT molecular complexity index is 802. The van der Waals surface area contributed by atoms with Crippen molar-refractivity contribution in [1.29, 1.82) is 0 Å². The Morgan fingerprint density at radius 1 is 0.966 bits per heavy atom. The van der Waals surface area contributed by atoms with Gasteiger partial charge in [-0.15, -0.1) is 0 Å². The number of hydrogen-bond donors (Lipinski definition) is 1. The molecule has 0 bridgehead atoms. The second-order valence-electron chi connectivity index (χ2n) is 7.21. The van der Waals surface area contributed by atoms with E-state index in [4.69, 9.17) is 4.74 Å². The molecule has 0 aromatic heterocycles. The van der Waals surface area contributed by atoms with Crippen LogP contribution >= 0.6 is 0 Å². The molecule has 2 amide bonds. The molecule has 1 aliphatic rings. The second-order valence-corrected chi connectivity index (χ2v) is 7.21. The van der Waals surface area contributed by atoms with Crippen LogP contribution in [0.25, 0.3) is 0 Å². The predicted octanol–water partition coefficient (Wildman–Crippen LogP) is 3.99. The summed E-state index contributed by atoms with van der Waals surface area (Å²) in [6, 6.07) is 17.2. The summed E-state index contributed by atoms with van der Waals surface area (Å²) in [5.41, 5.74) is 2.16. The molecule has 0 spiro atoms. The SMILES string of the molecule is CCCCOC(=O)c1ccccc1NC(=O)N1CCN(Cc2ccccc2)CC1. The van der Waals surface area contributed by atoms with Gasteiger partial charge in [-0.05, 0) is 24.1 Å². The zero-order valence-electron chi connectivity index (χ0n) is 17.0. The summed E-state index contributed by atoms with van der Waals surface area (Å²) >= 11 is 0. The van der Waals surface area contributed by atoms with Gasteiger partial charge in [-0.25, -0.2) is 9.59 Å². The summed E-state index contributed by atoms with van der Waals surface area (Å²) in [5.74, 6) is -0.401. The molecule has 1 N–H and O–H groups in total. The van der Waals surface area contributed by atoms with E-state index in [-0.39, 0.29) is 6.03 Å².